The number of rotatable bonds is 5. The van der Waals surface area contributed by atoms with Gasteiger partial charge in [-0.25, -0.2) is 5.48 Å². The van der Waals surface area contributed by atoms with Crippen LogP contribution in [0.5, 0.6) is 0 Å². The third kappa shape index (κ3) is 4.52. The molecule has 0 unspecified atom stereocenters. The van der Waals surface area contributed by atoms with Crippen LogP contribution in [-0.2, 0) is 15.0 Å². The lowest BCUT2D eigenvalue weighted by molar-refractivity contribution is -0.130. The van der Waals surface area contributed by atoms with E-state index in [0.717, 1.165) is 11.1 Å². The van der Waals surface area contributed by atoms with E-state index in [-0.39, 0.29) is 6.54 Å². The van der Waals surface area contributed by atoms with Gasteiger partial charge in [-0.05, 0) is 36.6 Å². The van der Waals surface area contributed by atoms with Crippen LogP contribution in [0.4, 0.5) is 0 Å². The molecule has 7 nitrogen and oxygen atoms in total. The van der Waals surface area contributed by atoms with E-state index in [0.29, 0.717) is 18.0 Å². The van der Waals surface area contributed by atoms with Crippen LogP contribution in [0.15, 0.2) is 30.3 Å². The second-order valence-electron chi connectivity index (χ2n) is 5.16. The van der Waals surface area contributed by atoms with Crippen LogP contribution in [0.2, 0.25) is 5.02 Å². The summed E-state index contributed by atoms with van der Waals surface area (Å²) in [5, 5.41) is 9.17. The zero-order chi connectivity index (χ0) is 17.0. The predicted octanol–water partition coefficient (Wildman–Crippen LogP) is 1.16. The van der Waals surface area contributed by atoms with Crippen molar-refractivity contribution < 1.29 is 18.4 Å². The minimum atomic E-state index is -3.80. The van der Waals surface area contributed by atoms with Crippen LogP contribution < -0.4 is 10.2 Å². The maximum atomic E-state index is 12.2. The SMILES string of the molecule is C[C@@H](NS(=O)(=O)N1CC=C(c2ccc(Cl)cc2)CC1)C(=O)NO. The fourth-order valence-corrected chi connectivity index (χ4v) is 3.67. The molecule has 0 saturated carbocycles. The van der Waals surface area contributed by atoms with Crippen molar-refractivity contribution in [1.82, 2.24) is 14.5 Å². The molecule has 126 valence electrons. The fraction of sp³-hybridized carbons (Fsp3) is 0.357. The minimum absolute atomic E-state index is 0.209. The van der Waals surface area contributed by atoms with Gasteiger partial charge in [0.05, 0.1) is 0 Å². The second kappa shape index (κ2) is 7.41. The maximum Gasteiger partial charge on any atom is 0.280 e. The van der Waals surface area contributed by atoms with Crippen LogP contribution in [-0.4, -0.2) is 43.0 Å². The molecule has 0 radical (unpaired) electrons. The Balaban J connectivity index is 2.05. The number of amides is 1. The molecule has 23 heavy (non-hydrogen) atoms. The normalized spacial score (nSPS) is 17.4. The van der Waals surface area contributed by atoms with E-state index in [2.05, 4.69) is 4.72 Å². The highest BCUT2D eigenvalue weighted by Crippen LogP contribution is 2.24. The van der Waals surface area contributed by atoms with Crippen molar-refractivity contribution in [3.63, 3.8) is 0 Å². The van der Waals surface area contributed by atoms with Crippen molar-refractivity contribution in [2.24, 2.45) is 0 Å². The average Bonchev–Trinajstić information content (AvgIpc) is 2.54. The topological polar surface area (TPSA) is 98.7 Å². The molecule has 0 bridgehead atoms. The number of hydroxylamine groups is 1. The summed E-state index contributed by atoms with van der Waals surface area (Å²) in [4.78, 5) is 11.2. The van der Waals surface area contributed by atoms with Gasteiger partial charge in [-0.15, -0.1) is 0 Å². The molecule has 2 rings (SSSR count). The predicted molar refractivity (Wildman–Crippen MR) is 87.1 cm³/mol. The standard InChI is InChI=1S/C14H18ClN3O4S/c1-10(14(19)16-20)17-23(21,22)18-8-6-12(7-9-18)11-2-4-13(15)5-3-11/h2-6,10,17,20H,7-9H2,1H3,(H,16,19)/t10-/m1/s1. The van der Waals surface area contributed by atoms with Gasteiger partial charge in [0.1, 0.15) is 6.04 Å². The average molecular weight is 360 g/mol. The van der Waals surface area contributed by atoms with E-state index in [9.17, 15) is 13.2 Å². The summed E-state index contributed by atoms with van der Waals surface area (Å²) >= 11 is 5.85. The lowest BCUT2D eigenvalue weighted by Crippen LogP contribution is -2.50. The molecule has 0 aliphatic carbocycles. The molecule has 0 aromatic heterocycles. The van der Waals surface area contributed by atoms with Crippen molar-refractivity contribution in [1.29, 1.82) is 0 Å². The van der Waals surface area contributed by atoms with Crippen LogP contribution >= 0.6 is 11.6 Å². The Kier molecular flexibility index (Phi) is 5.77. The van der Waals surface area contributed by atoms with Crippen LogP contribution in [0.3, 0.4) is 0 Å². The quantitative estimate of drug-likeness (QED) is 0.542. The highest BCUT2D eigenvalue weighted by atomic mass is 35.5. The third-order valence-electron chi connectivity index (χ3n) is 3.56. The highest BCUT2D eigenvalue weighted by molar-refractivity contribution is 7.87. The second-order valence-corrected chi connectivity index (χ2v) is 7.30. The molecule has 1 aromatic carbocycles. The molecule has 3 N–H and O–H groups in total. The third-order valence-corrected chi connectivity index (χ3v) is 5.47. The monoisotopic (exact) mass is 359 g/mol. The van der Waals surface area contributed by atoms with E-state index in [1.54, 1.807) is 12.1 Å². The van der Waals surface area contributed by atoms with Crippen molar-refractivity contribution in [3.05, 3.63) is 40.9 Å². The molecular weight excluding hydrogens is 342 g/mol. The molecule has 1 amide bonds. The van der Waals surface area contributed by atoms with Crippen LogP contribution in [0.1, 0.15) is 18.9 Å². The number of hydrogen-bond acceptors (Lipinski definition) is 4. The molecule has 1 aliphatic heterocycles. The van der Waals surface area contributed by atoms with Crippen molar-refractivity contribution in [2.45, 2.75) is 19.4 Å². The number of halogens is 1. The van der Waals surface area contributed by atoms with Gasteiger partial charge in [0.25, 0.3) is 16.1 Å². The summed E-state index contributed by atoms with van der Waals surface area (Å²) in [6.07, 6.45) is 2.39. The van der Waals surface area contributed by atoms with Crippen molar-refractivity contribution >= 4 is 33.3 Å². The van der Waals surface area contributed by atoms with Gasteiger partial charge in [-0.1, -0.05) is 29.8 Å². The number of carbonyl (C=O) groups is 1. The molecule has 1 aliphatic rings. The molecule has 0 spiro atoms. The smallest absolute Gasteiger partial charge is 0.280 e. The molecular formula is C14H18ClN3O4S. The minimum Gasteiger partial charge on any atom is -0.289 e. The Bertz CT molecular complexity index is 703. The molecule has 9 heteroatoms. The zero-order valence-electron chi connectivity index (χ0n) is 12.5. The number of nitrogens with one attached hydrogen (secondary N) is 2. The summed E-state index contributed by atoms with van der Waals surface area (Å²) in [6, 6.07) is 6.30. The summed E-state index contributed by atoms with van der Waals surface area (Å²) in [6.45, 7) is 1.86. The Labute approximate surface area is 140 Å². The Morgan fingerprint density at radius 1 is 1.35 bits per heavy atom. The summed E-state index contributed by atoms with van der Waals surface area (Å²) in [5.41, 5.74) is 3.47. The fourth-order valence-electron chi connectivity index (χ4n) is 2.24. The summed E-state index contributed by atoms with van der Waals surface area (Å²) < 4.78 is 27.9. The summed E-state index contributed by atoms with van der Waals surface area (Å²) in [7, 11) is -3.80. The van der Waals surface area contributed by atoms with E-state index >= 15 is 0 Å². The van der Waals surface area contributed by atoms with Gasteiger partial charge in [0, 0.05) is 18.1 Å². The number of nitrogens with zero attached hydrogens (tertiary/aromatic N) is 1. The van der Waals surface area contributed by atoms with Gasteiger partial charge in [-0.2, -0.15) is 17.4 Å². The molecule has 1 heterocycles. The molecule has 0 fully saturated rings. The summed E-state index contributed by atoms with van der Waals surface area (Å²) in [5.74, 6) is -0.817. The zero-order valence-corrected chi connectivity index (χ0v) is 14.1. The first kappa shape index (κ1) is 17.9. The van der Waals surface area contributed by atoms with Gasteiger partial charge < -0.3 is 0 Å². The number of carbonyl (C=O) groups excluding carboxylic acids is 1. The Morgan fingerprint density at radius 2 is 2.00 bits per heavy atom. The maximum absolute atomic E-state index is 12.2. The van der Waals surface area contributed by atoms with Gasteiger partial charge >= 0.3 is 0 Å². The van der Waals surface area contributed by atoms with E-state index in [4.69, 9.17) is 16.8 Å². The first-order valence-electron chi connectivity index (χ1n) is 7.00. The Hall–Kier alpha value is -1.45. The first-order chi connectivity index (χ1) is 10.8. The van der Waals surface area contributed by atoms with E-state index in [1.807, 2.05) is 18.2 Å². The van der Waals surface area contributed by atoms with E-state index < -0.39 is 22.2 Å². The molecule has 0 saturated heterocycles. The van der Waals surface area contributed by atoms with E-state index in [1.165, 1.54) is 16.7 Å². The van der Waals surface area contributed by atoms with Gasteiger partial charge in [0.15, 0.2) is 0 Å². The van der Waals surface area contributed by atoms with Crippen molar-refractivity contribution in [2.75, 3.05) is 13.1 Å². The van der Waals surface area contributed by atoms with Crippen LogP contribution in [0.25, 0.3) is 5.57 Å². The first-order valence-corrected chi connectivity index (χ1v) is 8.81. The number of hydrogen-bond donors (Lipinski definition) is 3. The largest absolute Gasteiger partial charge is 0.289 e. The Morgan fingerprint density at radius 3 is 2.52 bits per heavy atom. The van der Waals surface area contributed by atoms with Gasteiger partial charge in [0.2, 0.25) is 0 Å². The lowest BCUT2D eigenvalue weighted by atomic mass is 10.0. The molecule has 1 aromatic rings. The van der Waals surface area contributed by atoms with Gasteiger partial charge in [-0.3, -0.25) is 10.0 Å². The van der Waals surface area contributed by atoms with Crippen LogP contribution in [0, 0.1) is 0 Å². The van der Waals surface area contributed by atoms with Crippen molar-refractivity contribution in [3.8, 4) is 0 Å². The highest BCUT2D eigenvalue weighted by Gasteiger charge is 2.27. The lowest BCUT2D eigenvalue weighted by Gasteiger charge is -2.27. The molecule has 1 atom stereocenters. The number of benzene rings is 1.